The van der Waals surface area contributed by atoms with E-state index in [-0.39, 0.29) is 11.9 Å². The van der Waals surface area contributed by atoms with Gasteiger partial charge >= 0.3 is 0 Å². The lowest BCUT2D eigenvalue weighted by Crippen LogP contribution is -2.08. The Labute approximate surface area is 123 Å². The lowest BCUT2D eigenvalue weighted by atomic mass is 10.1. The van der Waals surface area contributed by atoms with E-state index in [0.717, 1.165) is 4.47 Å². The largest absolute Gasteiger partial charge is 0.378 e. The second-order valence-electron chi connectivity index (χ2n) is 4.19. The van der Waals surface area contributed by atoms with Crippen LogP contribution in [0.25, 0.3) is 0 Å². The molecule has 0 radical (unpaired) electrons. The summed E-state index contributed by atoms with van der Waals surface area (Å²) in [5.41, 5.74) is 1.01. The monoisotopic (exact) mass is 345 g/mol. The first-order valence-corrected chi connectivity index (χ1v) is 6.80. The van der Waals surface area contributed by atoms with Gasteiger partial charge in [0.05, 0.1) is 6.04 Å². The van der Waals surface area contributed by atoms with Gasteiger partial charge in [-0.3, -0.25) is 0 Å². The van der Waals surface area contributed by atoms with Crippen molar-refractivity contribution in [1.82, 2.24) is 0 Å². The number of rotatable bonds is 3. The van der Waals surface area contributed by atoms with Crippen molar-refractivity contribution in [2.75, 3.05) is 5.32 Å². The van der Waals surface area contributed by atoms with Crippen LogP contribution in [0.4, 0.5) is 14.5 Å². The van der Waals surface area contributed by atoms with Gasteiger partial charge in [-0.25, -0.2) is 8.78 Å². The molecule has 2 aromatic rings. The summed E-state index contributed by atoms with van der Waals surface area (Å²) in [6, 6.07) is 8.52. The molecule has 0 aromatic heterocycles. The molecule has 100 valence electrons. The van der Waals surface area contributed by atoms with E-state index in [1.165, 1.54) is 18.2 Å². The van der Waals surface area contributed by atoms with Crippen molar-refractivity contribution >= 4 is 33.2 Å². The minimum Gasteiger partial charge on any atom is -0.378 e. The van der Waals surface area contributed by atoms with Gasteiger partial charge in [0.15, 0.2) is 0 Å². The normalized spacial score (nSPS) is 12.3. The number of hydrogen-bond donors (Lipinski definition) is 1. The summed E-state index contributed by atoms with van der Waals surface area (Å²) < 4.78 is 27.7. The lowest BCUT2D eigenvalue weighted by molar-refractivity contribution is 0.599. The summed E-state index contributed by atoms with van der Waals surface area (Å²) in [5, 5.41) is 3.32. The summed E-state index contributed by atoms with van der Waals surface area (Å²) >= 11 is 9.07. The maximum atomic E-state index is 13.7. The minimum absolute atomic E-state index is 0.296. The van der Waals surface area contributed by atoms with Crippen molar-refractivity contribution < 1.29 is 8.78 Å². The van der Waals surface area contributed by atoms with E-state index >= 15 is 0 Å². The molecule has 0 saturated heterocycles. The Balaban J connectivity index is 2.25. The van der Waals surface area contributed by atoms with Crippen LogP contribution in [0.1, 0.15) is 18.5 Å². The van der Waals surface area contributed by atoms with Crippen molar-refractivity contribution in [1.29, 1.82) is 0 Å². The van der Waals surface area contributed by atoms with Crippen molar-refractivity contribution in [2.45, 2.75) is 13.0 Å². The smallest absolute Gasteiger partial charge is 0.128 e. The molecule has 1 unspecified atom stereocenters. The topological polar surface area (TPSA) is 12.0 Å². The summed E-state index contributed by atoms with van der Waals surface area (Å²) in [7, 11) is 0. The quantitative estimate of drug-likeness (QED) is 0.768. The van der Waals surface area contributed by atoms with E-state index in [2.05, 4.69) is 21.2 Å². The zero-order chi connectivity index (χ0) is 14.0. The molecule has 0 aliphatic carbocycles. The summed E-state index contributed by atoms with van der Waals surface area (Å²) in [6.07, 6.45) is 0. The van der Waals surface area contributed by atoms with Gasteiger partial charge in [0.2, 0.25) is 0 Å². The van der Waals surface area contributed by atoms with E-state index < -0.39 is 5.82 Å². The third-order valence-corrected chi connectivity index (χ3v) is 3.38. The standard InChI is InChI=1S/C14H11BrClF2N/c1-8(13-4-9(15)2-3-14(13)18)19-12-6-10(16)5-11(17)7-12/h2-8,19H,1H3. The molecule has 0 fully saturated rings. The molecule has 1 atom stereocenters. The van der Waals surface area contributed by atoms with Gasteiger partial charge in [-0.15, -0.1) is 0 Å². The van der Waals surface area contributed by atoms with E-state index in [4.69, 9.17) is 11.6 Å². The summed E-state index contributed by atoms with van der Waals surface area (Å²) in [5.74, 6) is -0.748. The highest BCUT2D eigenvalue weighted by molar-refractivity contribution is 9.10. The number of hydrogen-bond acceptors (Lipinski definition) is 1. The van der Waals surface area contributed by atoms with Gasteiger partial charge in [0.25, 0.3) is 0 Å². The molecule has 0 aliphatic heterocycles. The van der Waals surface area contributed by atoms with Crippen LogP contribution in [0.15, 0.2) is 40.9 Å². The molecule has 0 aliphatic rings. The van der Waals surface area contributed by atoms with Gasteiger partial charge < -0.3 is 5.32 Å². The van der Waals surface area contributed by atoms with Gasteiger partial charge in [-0.2, -0.15) is 0 Å². The van der Waals surface area contributed by atoms with Crippen LogP contribution in [0.2, 0.25) is 5.02 Å². The van der Waals surface area contributed by atoms with E-state index in [1.54, 1.807) is 25.1 Å². The number of halogens is 4. The van der Waals surface area contributed by atoms with Gasteiger partial charge in [-0.05, 0) is 43.3 Å². The second kappa shape index (κ2) is 5.88. The van der Waals surface area contributed by atoms with E-state index in [9.17, 15) is 8.78 Å². The molecular formula is C14H11BrClF2N. The van der Waals surface area contributed by atoms with E-state index in [1.807, 2.05) is 0 Å². The average molecular weight is 347 g/mol. The number of benzene rings is 2. The molecule has 2 aromatic carbocycles. The van der Waals surface area contributed by atoms with Gasteiger partial charge in [0.1, 0.15) is 11.6 Å². The Bertz CT molecular complexity index is 584. The summed E-state index contributed by atoms with van der Waals surface area (Å²) in [6.45, 7) is 1.80. The molecular weight excluding hydrogens is 336 g/mol. The first kappa shape index (κ1) is 14.3. The molecule has 0 saturated carbocycles. The zero-order valence-corrected chi connectivity index (χ0v) is 12.4. The maximum absolute atomic E-state index is 13.7. The third kappa shape index (κ3) is 3.67. The fraction of sp³-hybridized carbons (Fsp3) is 0.143. The lowest BCUT2D eigenvalue weighted by Gasteiger charge is -2.17. The predicted octanol–water partition coefficient (Wildman–Crippen LogP) is 5.55. The molecule has 0 amide bonds. The highest BCUT2D eigenvalue weighted by Crippen LogP contribution is 2.26. The molecule has 5 heteroatoms. The molecule has 2 rings (SSSR count). The fourth-order valence-electron chi connectivity index (χ4n) is 1.81. The molecule has 1 nitrogen and oxygen atoms in total. The van der Waals surface area contributed by atoms with Crippen LogP contribution < -0.4 is 5.32 Å². The van der Waals surface area contributed by atoms with Crippen LogP contribution in [0.5, 0.6) is 0 Å². The Kier molecular flexibility index (Phi) is 4.42. The summed E-state index contributed by atoms with van der Waals surface area (Å²) in [4.78, 5) is 0. The van der Waals surface area contributed by atoms with Gasteiger partial charge in [0, 0.05) is 20.7 Å². The highest BCUT2D eigenvalue weighted by Gasteiger charge is 2.12. The molecule has 19 heavy (non-hydrogen) atoms. The molecule has 0 spiro atoms. The highest BCUT2D eigenvalue weighted by atomic mass is 79.9. The van der Waals surface area contributed by atoms with Crippen LogP contribution >= 0.6 is 27.5 Å². The average Bonchev–Trinajstić information content (AvgIpc) is 2.30. The van der Waals surface area contributed by atoms with Crippen molar-refractivity contribution in [2.24, 2.45) is 0 Å². The van der Waals surface area contributed by atoms with Crippen molar-refractivity contribution in [3.8, 4) is 0 Å². The first-order chi connectivity index (χ1) is 8.95. The Morgan fingerprint density at radius 1 is 1.16 bits per heavy atom. The van der Waals surface area contributed by atoms with Crippen LogP contribution in [0, 0.1) is 11.6 Å². The fourth-order valence-corrected chi connectivity index (χ4v) is 2.41. The molecule has 1 N–H and O–H groups in total. The zero-order valence-electron chi connectivity index (χ0n) is 10.1. The maximum Gasteiger partial charge on any atom is 0.128 e. The minimum atomic E-state index is -0.433. The Morgan fingerprint density at radius 3 is 2.58 bits per heavy atom. The predicted molar refractivity (Wildman–Crippen MR) is 77.5 cm³/mol. The van der Waals surface area contributed by atoms with Crippen molar-refractivity contribution in [3.63, 3.8) is 0 Å². The van der Waals surface area contributed by atoms with Crippen LogP contribution in [-0.2, 0) is 0 Å². The second-order valence-corrected chi connectivity index (χ2v) is 5.54. The van der Waals surface area contributed by atoms with Gasteiger partial charge in [-0.1, -0.05) is 27.5 Å². The Hall–Kier alpha value is -1.13. The van der Waals surface area contributed by atoms with Crippen molar-refractivity contribution in [3.05, 3.63) is 63.1 Å². The first-order valence-electron chi connectivity index (χ1n) is 5.63. The van der Waals surface area contributed by atoms with E-state index in [0.29, 0.717) is 16.3 Å². The molecule has 0 bridgehead atoms. The van der Waals surface area contributed by atoms with Crippen LogP contribution in [0.3, 0.4) is 0 Å². The third-order valence-electron chi connectivity index (χ3n) is 2.67. The number of nitrogens with one attached hydrogen (secondary N) is 1. The molecule has 0 heterocycles. The SMILES string of the molecule is CC(Nc1cc(F)cc(Cl)c1)c1cc(Br)ccc1F. The Morgan fingerprint density at radius 2 is 1.89 bits per heavy atom. The number of anilines is 1. The van der Waals surface area contributed by atoms with Crippen LogP contribution in [-0.4, -0.2) is 0 Å².